The number of pyridine rings is 1. The standard InChI is InChI=1S/C11H12FN3S/c1-7-9(6-13-2)16-11(15-7)10-8(12)4-3-5-14-10/h3-5,13H,6H2,1-2H3. The van der Waals surface area contributed by atoms with Crippen LogP contribution in [-0.2, 0) is 6.54 Å². The Morgan fingerprint density at radius 1 is 1.50 bits per heavy atom. The van der Waals surface area contributed by atoms with Crippen LogP contribution in [-0.4, -0.2) is 17.0 Å². The molecule has 5 heteroatoms. The Kier molecular flexibility index (Phi) is 3.26. The highest BCUT2D eigenvalue weighted by Crippen LogP contribution is 2.27. The second kappa shape index (κ2) is 4.67. The van der Waals surface area contributed by atoms with Crippen molar-refractivity contribution in [2.75, 3.05) is 7.05 Å². The van der Waals surface area contributed by atoms with Crippen LogP contribution in [0.4, 0.5) is 4.39 Å². The van der Waals surface area contributed by atoms with Crippen LogP contribution < -0.4 is 5.32 Å². The van der Waals surface area contributed by atoms with E-state index >= 15 is 0 Å². The van der Waals surface area contributed by atoms with Gasteiger partial charge in [0.15, 0.2) is 5.82 Å². The van der Waals surface area contributed by atoms with Gasteiger partial charge in [-0.25, -0.2) is 9.37 Å². The van der Waals surface area contributed by atoms with Gasteiger partial charge in [0.2, 0.25) is 0 Å². The van der Waals surface area contributed by atoms with E-state index in [-0.39, 0.29) is 5.82 Å². The lowest BCUT2D eigenvalue weighted by molar-refractivity contribution is 0.625. The van der Waals surface area contributed by atoms with Crippen molar-refractivity contribution >= 4 is 11.3 Å². The Morgan fingerprint density at radius 2 is 2.31 bits per heavy atom. The number of hydrogen-bond donors (Lipinski definition) is 1. The highest BCUT2D eigenvalue weighted by atomic mass is 32.1. The van der Waals surface area contributed by atoms with Crippen LogP contribution >= 0.6 is 11.3 Å². The molecule has 0 unspecified atom stereocenters. The highest BCUT2D eigenvalue weighted by molar-refractivity contribution is 7.15. The molecule has 16 heavy (non-hydrogen) atoms. The third kappa shape index (κ3) is 2.10. The molecule has 84 valence electrons. The largest absolute Gasteiger partial charge is 0.315 e. The maximum atomic E-state index is 13.5. The van der Waals surface area contributed by atoms with Crippen molar-refractivity contribution < 1.29 is 4.39 Å². The molecule has 3 nitrogen and oxygen atoms in total. The first-order chi connectivity index (χ1) is 7.72. The van der Waals surface area contributed by atoms with Crippen molar-refractivity contribution in [1.82, 2.24) is 15.3 Å². The summed E-state index contributed by atoms with van der Waals surface area (Å²) in [5, 5.41) is 3.70. The van der Waals surface area contributed by atoms with Gasteiger partial charge in [-0.05, 0) is 26.1 Å². The predicted molar refractivity (Wildman–Crippen MR) is 62.8 cm³/mol. The third-order valence-corrected chi connectivity index (χ3v) is 3.36. The van der Waals surface area contributed by atoms with E-state index in [0.29, 0.717) is 10.7 Å². The molecule has 2 heterocycles. The topological polar surface area (TPSA) is 37.8 Å². The molecule has 0 aliphatic carbocycles. The van der Waals surface area contributed by atoms with Crippen molar-refractivity contribution in [2.45, 2.75) is 13.5 Å². The molecule has 2 aromatic rings. The van der Waals surface area contributed by atoms with Crippen LogP contribution in [0.3, 0.4) is 0 Å². The number of rotatable bonds is 3. The first kappa shape index (κ1) is 11.2. The molecule has 0 bridgehead atoms. The summed E-state index contributed by atoms with van der Waals surface area (Å²) in [4.78, 5) is 9.47. The van der Waals surface area contributed by atoms with Crippen LogP contribution in [0.15, 0.2) is 18.3 Å². The molecule has 0 saturated carbocycles. The molecule has 0 fully saturated rings. The molecular formula is C11H12FN3S. The lowest BCUT2D eigenvalue weighted by atomic mass is 10.3. The summed E-state index contributed by atoms with van der Waals surface area (Å²) < 4.78 is 13.5. The lowest BCUT2D eigenvalue weighted by Gasteiger charge is -1.95. The van der Waals surface area contributed by atoms with E-state index in [9.17, 15) is 4.39 Å². The van der Waals surface area contributed by atoms with E-state index in [2.05, 4.69) is 15.3 Å². The van der Waals surface area contributed by atoms with Crippen LogP contribution in [0.5, 0.6) is 0 Å². The van der Waals surface area contributed by atoms with E-state index < -0.39 is 0 Å². The molecule has 2 aromatic heterocycles. The Hall–Kier alpha value is -1.33. The molecular weight excluding hydrogens is 225 g/mol. The fourth-order valence-corrected chi connectivity index (χ4v) is 2.47. The van der Waals surface area contributed by atoms with Crippen LogP contribution in [0.25, 0.3) is 10.7 Å². The van der Waals surface area contributed by atoms with Crippen LogP contribution in [0.1, 0.15) is 10.6 Å². The summed E-state index contributed by atoms with van der Waals surface area (Å²) in [6, 6.07) is 2.98. The number of aryl methyl sites for hydroxylation is 1. The fourth-order valence-electron chi connectivity index (χ4n) is 1.40. The van der Waals surface area contributed by atoms with Crippen molar-refractivity contribution in [3.8, 4) is 10.7 Å². The van der Waals surface area contributed by atoms with Gasteiger partial charge in [-0.3, -0.25) is 4.98 Å². The van der Waals surface area contributed by atoms with Gasteiger partial charge >= 0.3 is 0 Å². The van der Waals surface area contributed by atoms with Gasteiger partial charge in [-0.2, -0.15) is 0 Å². The number of aromatic nitrogens is 2. The van der Waals surface area contributed by atoms with Gasteiger partial charge in [0.25, 0.3) is 0 Å². The van der Waals surface area contributed by atoms with E-state index in [1.54, 1.807) is 12.3 Å². The summed E-state index contributed by atoms with van der Waals surface area (Å²) in [6.45, 7) is 2.67. The molecule has 1 N–H and O–H groups in total. The first-order valence-electron chi connectivity index (χ1n) is 4.94. The monoisotopic (exact) mass is 237 g/mol. The van der Waals surface area contributed by atoms with E-state index in [1.165, 1.54) is 17.4 Å². The summed E-state index contributed by atoms with van der Waals surface area (Å²) in [7, 11) is 1.88. The molecule has 0 saturated heterocycles. The van der Waals surface area contributed by atoms with Gasteiger partial charge in [-0.1, -0.05) is 0 Å². The van der Waals surface area contributed by atoms with Crippen molar-refractivity contribution in [2.24, 2.45) is 0 Å². The van der Waals surface area contributed by atoms with Gasteiger partial charge in [0, 0.05) is 17.6 Å². The average Bonchev–Trinajstić information content (AvgIpc) is 2.61. The quantitative estimate of drug-likeness (QED) is 0.890. The smallest absolute Gasteiger partial charge is 0.151 e. The number of thiazole rings is 1. The Bertz CT molecular complexity index is 496. The zero-order valence-electron chi connectivity index (χ0n) is 9.12. The number of nitrogens with one attached hydrogen (secondary N) is 1. The Morgan fingerprint density at radius 3 is 3.00 bits per heavy atom. The Balaban J connectivity index is 2.42. The summed E-state index contributed by atoms with van der Waals surface area (Å²) in [6.07, 6.45) is 1.58. The molecule has 0 atom stereocenters. The maximum Gasteiger partial charge on any atom is 0.151 e. The second-order valence-corrected chi connectivity index (χ2v) is 4.48. The second-order valence-electron chi connectivity index (χ2n) is 3.39. The summed E-state index contributed by atoms with van der Waals surface area (Å²) in [5.41, 5.74) is 1.26. The van der Waals surface area contributed by atoms with Crippen molar-refractivity contribution in [1.29, 1.82) is 0 Å². The SMILES string of the molecule is CNCc1sc(-c2ncccc2F)nc1C. The number of halogens is 1. The van der Waals surface area contributed by atoms with Crippen LogP contribution in [0, 0.1) is 12.7 Å². The van der Waals surface area contributed by atoms with E-state index in [1.807, 2.05) is 14.0 Å². The Labute approximate surface area is 97.4 Å². The zero-order valence-corrected chi connectivity index (χ0v) is 9.94. The minimum Gasteiger partial charge on any atom is -0.315 e. The molecule has 0 aliphatic heterocycles. The molecule has 0 aromatic carbocycles. The predicted octanol–water partition coefficient (Wildman–Crippen LogP) is 2.37. The van der Waals surface area contributed by atoms with E-state index in [4.69, 9.17) is 0 Å². The molecule has 0 radical (unpaired) electrons. The van der Waals surface area contributed by atoms with Gasteiger partial charge in [-0.15, -0.1) is 11.3 Å². The minimum atomic E-state index is -0.327. The zero-order chi connectivity index (χ0) is 11.5. The molecule has 0 amide bonds. The minimum absolute atomic E-state index is 0.327. The first-order valence-corrected chi connectivity index (χ1v) is 5.76. The molecule has 0 aliphatic rings. The summed E-state index contributed by atoms with van der Waals surface area (Å²) >= 11 is 1.48. The summed E-state index contributed by atoms with van der Waals surface area (Å²) in [5.74, 6) is -0.327. The normalized spacial score (nSPS) is 10.7. The van der Waals surface area contributed by atoms with Gasteiger partial charge < -0.3 is 5.32 Å². The van der Waals surface area contributed by atoms with Gasteiger partial charge in [0.1, 0.15) is 10.7 Å². The maximum absolute atomic E-state index is 13.5. The lowest BCUT2D eigenvalue weighted by Crippen LogP contribution is -2.04. The van der Waals surface area contributed by atoms with Crippen LogP contribution in [0.2, 0.25) is 0 Å². The van der Waals surface area contributed by atoms with Crippen molar-refractivity contribution in [3.63, 3.8) is 0 Å². The van der Waals surface area contributed by atoms with Crippen molar-refractivity contribution in [3.05, 3.63) is 34.7 Å². The van der Waals surface area contributed by atoms with Gasteiger partial charge in [0.05, 0.1) is 5.69 Å². The fraction of sp³-hybridized carbons (Fsp3) is 0.273. The third-order valence-electron chi connectivity index (χ3n) is 2.19. The highest BCUT2D eigenvalue weighted by Gasteiger charge is 2.13. The average molecular weight is 237 g/mol. The number of hydrogen-bond acceptors (Lipinski definition) is 4. The van der Waals surface area contributed by atoms with E-state index in [0.717, 1.165) is 17.1 Å². The number of nitrogens with zero attached hydrogens (tertiary/aromatic N) is 2. The molecule has 0 spiro atoms. The molecule has 2 rings (SSSR count).